The Morgan fingerprint density at radius 3 is 2.61 bits per heavy atom. The van der Waals surface area contributed by atoms with Gasteiger partial charge in [-0.3, -0.25) is 0 Å². The van der Waals surface area contributed by atoms with Crippen molar-refractivity contribution >= 4 is 0 Å². The molecule has 0 amide bonds. The van der Waals surface area contributed by atoms with Crippen molar-refractivity contribution in [1.82, 2.24) is 5.32 Å². The standard InChI is InChI=1S/C16H24FN/c1-12-6-7-14(10-15(12)17)13(2)18-11-16(3)8-4-5-9-16/h6-7,10,13,18H,4-5,8-9,11H2,1-3H3. The summed E-state index contributed by atoms with van der Waals surface area (Å²) in [6.45, 7) is 7.30. The lowest BCUT2D eigenvalue weighted by molar-refractivity contribution is 0.301. The Balaban J connectivity index is 1.94. The zero-order valence-electron chi connectivity index (χ0n) is 11.7. The molecule has 1 unspecified atom stereocenters. The Kier molecular flexibility index (Phi) is 4.06. The maximum atomic E-state index is 13.5. The third kappa shape index (κ3) is 3.11. The van der Waals surface area contributed by atoms with Gasteiger partial charge in [-0.1, -0.05) is 31.9 Å². The normalized spacial score (nSPS) is 20.0. The monoisotopic (exact) mass is 249 g/mol. The van der Waals surface area contributed by atoms with E-state index in [4.69, 9.17) is 0 Å². The molecule has 1 aliphatic rings. The first-order valence-electron chi connectivity index (χ1n) is 7.00. The van der Waals surface area contributed by atoms with Crippen LogP contribution in [0.15, 0.2) is 18.2 Å². The summed E-state index contributed by atoms with van der Waals surface area (Å²) in [5.41, 5.74) is 2.20. The molecular formula is C16H24FN. The topological polar surface area (TPSA) is 12.0 Å². The van der Waals surface area contributed by atoms with E-state index >= 15 is 0 Å². The summed E-state index contributed by atoms with van der Waals surface area (Å²) in [5.74, 6) is -0.103. The predicted octanol–water partition coefficient (Wildman–Crippen LogP) is 4.37. The molecule has 0 aliphatic heterocycles. The van der Waals surface area contributed by atoms with Gasteiger partial charge in [0.1, 0.15) is 5.82 Å². The first-order chi connectivity index (χ1) is 8.50. The van der Waals surface area contributed by atoms with Crippen LogP contribution in [-0.2, 0) is 0 Å². The van der Waals surface area contributed by atoms with Gasteiger partial charge in [-0.15, -0.1) is 0 Å². The summed E-state index contributed by atoms with van der Waals surface area (Å²) in [5, 5.41) is 3.56. The van der Waals surface area contributed by atoms with Crippen molar-refractivity contribution in [2.75, 3.05) is 6.54 Å². The first kappa shape index (κ1) is 13.5. The molecule has 0 saturated heterocycles. The molecule has 2 rings (SSSR count). The fourth-order valence-corrected chi connectivity index (χ4v) is 2.80. The van der Waals surface area contributed by atoms with Gasteiger partial charge in [-0.25, -0.2) is 4.39 Å². The Morgan fingerprint density at radius 1 is 1.33 bits per heavy atom. The van der Waals surface area contributed by atoms with Crippen LogP contribution in [-0.4, -0.2) is 6.54 Å². The highest BCUT2D eigenvalue weighted by molar-refractivity contribution is 5.25. The summed E-state index contributed by atoms with van der Waals surface area (Å²) in [7, 11) is 0. The quantitative estimate of drug-likeness (QED) is 0.835. The number of rotatable bonds is 4. The van der Waals surface area contributed by atoms with Gasteiger partial charge in [-0.05, 0) is 49.3 Å². The molecular weight excluding hydrogens is 225 g/mol. The van der Waals surface area contributed by atoms with Gasteiger partial charge in [0.25, 0.3) is 0 Å². The van der Waals surface area contributed by atoms with Gasteiger partial charge in [0.2, 0.25) is 0 Å². The van der Waals surface area contributed by atoms with E-state index in [1.807, 2.05) is 12.1 Å². The molecule has 1 aromatic carbocycles. The highest BCUT2D eigenvalue weighted by Gasteiger charge is 2.28. The van der Waals surface area contributed by atoms with Gasteiger partial charge in [-0.2, -0.15) is 0 Å². The van der Waals surface area contributed by atoms with Crippen LogP contribution in [0.5, 0.6) is 0 Å². The van der Waals surface area contributed by atoms with Crippen molar-refractivity contribution in [2.45, 2.75) is 52.5 Å². The van der Waals surface area contributed by atoms with Gasteiger partial charge >= 0.3 is 0 Å². The van der Waals surface area contributed by atoms with E-state index in [2.05, 4.69) is 19.2 Å². The molecule has 1 fully saturated rings. The highest BCUT2D eigenvalue weighted by atomic mass is 19.1. The minimum Gasteiger partial charge on any atom is -0.310 e. The van der Waals surface area contributed by atoms with E-state index in [-0.39, 0.29) is 11.9 Å². The molecule has 0 spiro atoms. The second kappa shape index (κ2) is 5.40. The maximum Gasteiger partial charge on any atom is 0.126 e. The second-order valence-corrected chi connectivity index (χ2v) is 6.13. The fourth-order valence-electron chi connectivity index (χ4n) is 2.80. The van der Waals surface area contributed by atoms with Crippen molar-refractivity contribution in [1.29, 1.82) is 0 Å². The van der Waals surface area contributed by atoms with Crippen LogP contribution in [0, 0.1) is 18.2 Å². The molecule has 1 nitrogen and oxygen atoms in total. The van der Waals surface area contributed by atoms with Crippen molar-refractivity contribution in [3.63, 3.8) is 0 Å². The number of hydrogen-bond acceptors (Lipinski definition) is 1. The molecule has 0 aromatic heterocycles. The number of aryl methyl sites for hydroxylation is 1. The number of nitrogens with one attached hydrogen (secondary N) is 1. The lowest BCUT2D eigenvalue weighted by Gasteiger charge is -2.26. The van der Waals surface area contributed by atoms with Crippen molar-refractivity contribution in [3.05, 3.63) is 35.1 Å². The third-order valence-corrected chi connectivity index (χ3v) is 4.34. The highest BCUT2D eigenvalue weighted by Crippen LogP contribution is 2.37. The Bertz CT molecular complexity index is 408. The molecule has 1 atom stereocenters. The average Bonchev–Trinajstić information content (AvgIpc) is 2.77. The summed E-state index contributed by atoms with van der Waals surface area (Å²) >= 11 is 0. The summed E-state index contributed by atoms with van der Waals surface area (Å²) in [4.78, 5) is 0. The third-order valence-electron chi connectivity index (χ3n) is 4.34. The van der Waals surface area contributed by atoms with Crippen molar-refractivity contribution in [3.8, 4) is 0 Å². The summed E-state index contributed by atoms with van der Waals surface area (Å²) < 4.78 is 13.5. The lowest BCUT2D eigenvalue weighted by atomic mass is 9.88. The van der Waals surface area contributed by atoms with Crippen LogP contribution in [0.3, 0.4) is 0 Å². The fraction of sp³-hybridized carbons (Fsp3) is 0.625. The maximum absolute atomic E-state index is 13.5. The lowest BCUT2D eigenvalue weighted by Crippen LogP contribution is -2.31. The van der Waals surface area contributed by atoms with Gasteiger partial charge < -0.3 is 5.32 Å². The summed E-state index contributed by atoms with van der Waals surface area (Å²) in [6.07, 6.45) is 5.33. The molecule has 2 heteroatoms. The molecule has 0 heterocycles. The molecule has 1 aliphatic carbocycles. The molecule has 0 radical (unpaired) electrons. The first-order valence-corrected chi connectivity index (χ1v) is 7.00. The number of hydrogen-bond donors (Lipinski definition) is 1. The van der Waals surface area contributed by atoms with Gasteiger partial charge in [0, 0.05) is 12.6 Å². The Labute approximate surface area is 110 Å². The van der Waals surface area contributed by atoms with Crippen LogP contribution >= 0.6 is 0 Å². The zero-order valence-corrected chi connectivity index (χ0v) is 11.7. The van der Waals surface area contributed by atoms with E-state index in [1.54, 1.807) is 13.0 Å². The molecule has 18 heavy (non-hydrogen) atoms. The minimum absolute atomic E-state index is 0.103. The SMILES string of the molecule is Cc1ccc(C(C)NCC2(C)CCCC2)cc1F. The van der Waals surface area contributed by atoms with E-state index in [1.165, 1.54) is 25.7 Å². The molecule has 0 bridgehead atoms. The zero-order chi connectivity index (χ0) is 13.2. The van der Waals surface area contributed by atoms with E-state index < -0.39 is 0 Å². The second-order valence-electron chi connectivity index (χ2n) is 6.13. The van der Waals surface area contributed by atoms with Crippen LogP contribution in [0.4, 0.5) is 4.39 Å². The number of benzene rings is 1. The predicted molar refractivity (Wildman–Crippen MR) is 74.1 cm³/mol. The largest absolute Gasteiger partial charge is 0.310 e. The van der Waals surface area contributed by atoms with Crippen LogP contribution in [0.1, 0.15) is 56.7 Å². The number of halogens is 1. The summed E-state index contributed by atoms with van der Waals surface area (Å²) in [6, 6.07) is 5.76. The van der Waals surface area contributed by atoms with Crippen LogP contribution < -0.4 is 5.32 Å². The van der Waals surface area contributed by atoms with Gasteiger partial charge in [0.05, 0.1) is 0 Å². The van der Waals surface area contributed by atoms with E-state index in [0.717, 1.165) is 12.1 Å². The smallest absolute Gasteiger partial charge is 0.126 e. The Hall–Kier alpha value is -0.890. The molecule has 1 aromatic rings. The van der Waals surface area contributed by atoms with Crippen LogP contribution in [0.2, 0.25) is 0 Å². The van der Waals surface area contributed by atoms with Crippen LogP contribution in [0.25, 0.3) is 0 Å². The van der Waals surface area contributed by atoms with Crippen molar-refractivity contribution in [2.24, 2.45) is 5.41 Å². The minimum atomic E-state index is -0.103. The molecule has 1 N–H and O–H groups in total. The molecule has 1 saturated carbocycles. The van der Waals surface area contributed by atoms with E-state index in [9.17, 15) is 4.39 Å². The van der Waals surface area contributed by atoms with Gasteiger partial charge in [0.15, 0.2) is 0 Å². The molecule has 100 valence electrons. The van der Waals surface area contributed by atoms with Crippen molar-refractivity contribution < 1.29 is 4.39 Å². The van der Waals surface area contributed by atoms with E-state index in [0.29, 0.717) is 11.0 Å². The average molecular weight is 249 g/mol. The Morgan fingerprint density at radius 2 is 2.00 bits per heavy atom.